The third kappa shape index (κ3) is 145. The Morgan fingerprint density at radius 2 is 0.455 bits per heavy atom. The van der Waals surface area contributed by atoms with Crippen molar-refractivity contribution in [2.45, 2.75) is 0 Å². The summed E-state index contributed by atoms with van der Waals surface area (Å²) in [6.07, 6.45) is 0. The molecule has 0 heterocycles. The van der Waals surface area contributed by atoms with Gasteiger partial charge in [0.25, 0.3) is 0 Å². The van der Waals surface area contributed by atoms with Crippen LogP contribution < -0.4 is 0 Å². The fourth-order valence-corrected chi connectivity index (χ4v) is 0. The topological polar surface area (TPSA) is 85.5 Å². The Morgan fingerprint density at radius 3 is 0.455 bits per heavy atom. The summed E-state index contributed by atoms with van der Waals surface area (Å²) in [6.45, 7) is 0. The third-order valence-electron chi connectivity index (χ3n) is 0. The van der Waals surface area contributed by atoms with Gasteiger partial charge in [-0.1, -0.05) is 0 Å². The van der Waals surface area contributed by atoms with Gasteiger partial charge in [-0.25, -0.2) is 0 Å². The Morgan fingerprint density at radius 1 is 0.455 bits per heavy atom. The Hall–Kier alpha value is 3.51. The minimum atomic E-state index is 0. The predicted octanol–water partition coefficient (Wildman–Crippen LogP) is -0.919. The summed E-state index contributed by atoms with van der Waals surface area (Å²) >= 11 is 0. The first-order valence-corrected chi connectivity index (χ1v) is 0. The summed E-state index contributed by atoms with van der Waals surface area (Å²) in [5, 5.41) is 0. The molecule has 0 unspecified atom stereocenters. The molecule has 0 amide bonds. The molecular formula is Al2Ga2O3P2Si2. The molecular weight excluding hydrogens is 360 g/mol. The van der Waals surface area contributed by atoms with Crippen LogP contribution >= 0.6 is 19.8 Å². The number of hydrogen-bond acceptors (Lipinski definition) is 0. The van der Waals surface area contributed by atoms with Crippen LogP contribution in [0.1, 0.15) is 0 Å². The van der Waals surface area contributed by atoms with Gasteiger partial charge in [0.2, 0.25) is 0 Å². The molecule has 0 atom stereocenters. The van der Waals surface area contributed by atoms with E-state index in [0.717, 1.165) is 0 Å². The van der Waals surface area contributed by atoms with E-state index in [0.29, 0.717) is 0 Å². The standard InChI is InChI=1S/2Al.2Ga.3O.2P.2Si/q2*+3;;;3*-2;;;;. The Balaban J connectivity index is 0. The van der Waals surface area contributed by atoms with Crippen LogP contribution in [0.15, 0.2) is 0 Å². The van der Waals surface area contributed by atoms with Gasteiger partial charge in [0, 0.05) is 81.3 Å². The molecule has 0 aliphatic carbocycles. The summed E-state index contributed by atoms with van der Waals surface area (Å²) < 4.78 is 0. The molecule has 0 saturated heterocycles. The molecule has 11 heavy (non-hydrogen) atoms. The maximum Gasteiger partial charge on any atom is 3.00 e. The predicted molar refractivity (Wildman–Crippen MR) is 50.4 cm³/mol. The summed E-state index contributed by atoms with van der Waals surface area (Å²) in [4.78, 5) is 0. The van der Waals surface area contributed by atoms with Crippen molar-refractivity contribution in [1.82, 2.24) is 0 Å². The zero-order valence-corrected chi connectivity index (χ0v) is 16.4. The molecule has 0 aliphatic heterocycles. The quantitative estimate of drug-likeness (QED) is 0.396. The fourth-order valence-electron chi connectivity index (χ4n) is 0. The molecule has 48 valence electrons. The van der Waals surface area contributed by atoms with Gasteiger partial charge in [0.05, 0.1) is 0 Å². The van der Waals surface area contributed by atoms with Crippen molar-refractivity contribution in [3.63, 3.8) is 0 Å². The van der Waals surface area contributed by atoms with E-state index in [1.807, 2.05) is 0 Å². The molecule has 0 rings (SSSR count). The monoisotopic (exact) mass is 358 g/mol. The number of hydrogen-bond donors (Lipinski definition) is 0. The second-order valence-corrected chi connectivity index (χ2v) is 0. The van der Waals surface area contributed by atoms with Gasteiger partial charge in [-0.2, -0.15) is 0 Å². The van der Waals surface area contributed by atoms with Crippen LogP contribution in [0.25, 0.3) is 0 Å². The van der Waals surface area contributed by atoms with E-state index in [2.05, 4.69) is 0 Å². The van der Waals surface area contributed by atoms with Crippen LogP contribution in [-0.4, -0.2) is 96.2 Å². The van der Waals surface area contributed by atoms with Gasteiger partial charge >= 0.3 is 34.7 Å². The zero-order valence-electron chi connectivity index (χ0n) is 5.43. The smallest absolute Gasteiger partial charge is 2.00 e. The molecule has 0 N–H and O–H groups in total. The molecule has 20 radical (unpaired) electrons. The molecule has 11 heteroatoms. The van der Waals surface area contributed by atoms with Crippen molar-refractivity contribution >= 4 is 116 Å². The van der Waals surface area contributed by atoms with Crippen LogP contribution in [0.2, 0.25) is 0 Å². The number of rotatable bonds is 0. The summed E-state index contributed by atoms with van der Waals surface area (Å²) in [7, 11) is 0. The molecule has 0 saturated carbocycles. The van der Waals surface area contributed by atoms with Crippen molar-refractivity contribution in [2.75, 3.05) is 0 Å². The molecule has 0 aromatic carbocycles. The van der Waals surface area contributed by atoms with Gasteiger partial charge < -0.3 is 16.4 Å². The fraction of sp³-hybridized carbons (Fsp3) is 0. The van der Waals surface area contributed by atoms with Crippen molar-refractivity contribution in [1.29, 1.82) is 0 Å². The van der Waals surface area contributed by atoms with E-state index in [1.54, 1.807) is 0 Å². The zero-order chi connectivity index (χ0) is 0. The van der Waals surface area contributed by atoms with Gasteiger partial charge in [-0.05, 0) is 0 Å². The molecule has 0 bridgehead atoms. The van der Waals surface area contributed by atoms with Gasteiger partial charge in [-0.3, -0.25) is 0 Å². The van der Waals surface area contributed by atoms with Crippen LogP contribution in [0.5, 0.6) is 0 Å². The first kappa shape index (κ1) is 215. The van der Waals surface area contributed by atoms with Crippen molar-refractivity contribution in [2.24, 2.45) is 0 Å². The van der Waals surface area contributed by atoms with E-state index in [1.165, 1.54) is 0 Å². The van der Waals surface area contributed by atoms with E-state index < -0.39 is 0 Å². The molecule has 0 fully saturated rings. The molecule has 0 aromatic heterocycles. The van der Waals surface area contributed by atoms with Crippen molar-refractivity contribution < 1.29 is 16.4 Å². The Labute approximate surface area is 131 Å². The minimum absolute atomic E-state index is 0. The van der Waals surface area contributed by atoms with Crippen LogP contribution in [0, 0.1) is 0 Å². The van der Waals surface area contributed by atoms with Crippen LogP contribution in [0.3, 0.4) is 0 Å². The SMILES string of the molecule is [Al+3].[Al+3].[Ga].[Ga].[O-2].[O-2].[O-2].[P].[P].[Si].[Si]. The second-order valence-electron chi connectivity index (χ2n) is 0. The van der Waals surface area contributed by atoms with Gasteiger partial charge in [0.1, 0.15) is 0 Å². The first-order chi connectivity index (χ1) is 0. The Bertz CT molecular complexity index is 25.3. The maximum absolute atomic E-state index is 0. The van der Waals surface area contributed by atoms with Gasteiger partial charge in [-0.15, -0.1) is 0 Å². The summed E-state index contributed by atoms with van der Waals surface area (Å²) in [6, 6.07) is 0. The average Bonchev–Trinajstić information content (AvgIpc) is 0. The minimum Gasteiger partial charge on any atom is -2.00 e. The second kappa shape index (κ2) is 172. The molecule has 0 spiro atoms. The Kier molecular flexibility index (Phi) is 3350. The average molecular weight is 360 g/mol. The third-order valence-corrected chi connectivity index (χ3v) is 0. The van der Waals surface area contributed by atoms with Gasteiger partial charge in [0.15, 0.2) is 0 Å². The van der Waals surface area contributed by atoms with Crippen molar-refractivity contribution in [3.8, 4) is 0 Å². The normalized spacial score (nSPS) is 0. The van der Waals surface area contributed by atoms with E-state index in [4.69, 9.17) is 0 Å². The van der Waals surface area contributed by atoms with Crippen LogP contribution in [-0.2, 0) is 16.4 Å². The van der Waals surface area contributed by atoms with E-state index in [-0.39, 0.29) is 132 Å². The van der Waals surface area contributed by atoms with E-state index >= 15 is 0 Å². The first-order valence-electron chi connectivity index (χ1n) is 0. The molecule has 3 nitrogen and oxygen atoms in total. The largest absolute Gasteiger partial charge is 3.00 e. The van der Waals surface area contributed by atoms with Crippen molar-refractivity contribution in [3.05, 3.63) is 0 Å². The maximum atomic E-state index is 0. The molecule has 0 aromatic rings. The summed E-state index contributed by atoms with van der Waals surface area (Å²) in [5.41, 5.74) is 0. The van der Waals surface area contributed by atoms with E-state index in [9.17, 15) is 0 Å². The summed E-state index contributed by atoms with van der Waals surface area (Å²) in [5.74, 6) is 0. The molecule has 0 aliphatic rings. The van der Waals surface area contributed by atoms with Crippen LogP contribution in [0.4, 0.5) is 0 Å².